The summed E-state index contributed by atoms with van der Waals surface area (Å²) < 4.78 is 10.6. The average molecular weight is 354 g/mol. The number of rotatable bonds is 2. The summed E-state index contributed by atoms with van der Waals surface area (Å²) in [5.41, 5.74) is 0. The molecular formula is C6H13NO3Pb. The van der Waals surface area contributed by atoms with Crippen LogP contribution in [0.25, 0.3) is 0 Å². The Hall–Kier alpha value is 0.762. The summed E-state index contributed by atoms with van der Waals surface area (Å²) >= 11 is -1.11. The van der Waals surface area contributed by atoms with Crippen LogP contribution in [0.3, 0.4) is 0 Å². The van der Waals surface area contributed by atoms with Gasteiger partial charge in [-0.2, -0.15) is 0 Å². The Bertz CT molecular complexity index is 95.8. The van der Waals surface area contributed by atoms with Crippen LogP contribution in [0.1, 0.15) is 0 Å². The molecule has 11 heavy (non-hydrogen) atoms. The molecule has 0 bridgehead atoms. The maximum atomic E-state index is 8.67. The van der Waals surface area contributed by atoms with Crippen molar-refractivity contribution >= 4 is 25.1 Å². The topological polar surface area (TPSA) is 41.9 Å². The van der Waals surface area contributed by atoms with E-state index in [0.717, 1.165) is 32.8 Å². The first-order valence-corrected chi connectivity index (χ1v) is 6.92. The number of hydrogen-bond acceptors (Lipinski definition) is 4. The van der Waals surface area contributed by atoms with Gasteiger partial charge in [0.05, 0.1) is 0 Å². The molecule has 1 aliphatic heterocycles. The van der Waals surface area contributed by atoms with Gasteiger partial charge in [0.25, 0.3) is 0 Å². The van der Waals surface area contributed by atoms with Crippen LogP contribution in [-0.4, -0.2) is 74.6 Å². The van der Waals surface area contributed by atoms with Crippen molar-refractivity contribution in [2.45, 2.75) is 0 Å². The van der Waals surface area contributed by atoms with Gasteiger partial charge < -0.3 is 0 Å². The van der Waals surface area contributed by atoms with Gasteiger partial charge in [0, 0.05) is 0 Å². The normalized spacial score (nSPS) is 22.6. The molecule has 1 N–H and O–H groups in total. The Labute approximate surface area is 80.0 Å². The minimum atomic E-state index is -1.11. The molecule has 2 radical (unpaired) electrons. The average Bonchev–Trinajstić information content (AvgIpc) is 1.94. The zero-order valence-electron chi connectivity index (χ0n) is 6.45. The first-order chi connectivity index (χ1) is 5.43. The van der Waals surface area contributed by atoms with Crippen LogP contribution in [-0.2, 0) is 5.37 Å². The van der Waals surface area contributed by atoms with Crippen molar-refractivity contribution in [1.82, 2.24) is 4.90 Å². The van der Waals surface area contributed by atoms with Gasteiger partial charge in [0.15, 0.2) is 0 Å². The van der Waals surface area contributed by atoms with Crippen molar-refractivity contribution in [3.63, 3.8) is 0 Å². The second-order valence-electron chi connectivity index (χ2n) is 2.35. The molecule has 1 aliphatic rings. The standard InChI is InChI=1S/C6H13NO3.Pb/c8-4-1-7(2-5-9)3-6-10;/h8H,1-6H2;/q-2;+2. The van der Waals surface area contributed by atoms with Gasteiger partial charge in [-0.15, -0.1) is 0 Å². The second kappa shape index (κ2) is 6.30. The predicted octanol–water partition coefficient (Wildman–Crippen LogP) is -1.14. The molecule has 64 valence electrons. The van der Waals surface area contributed by atoms with Gasteiger partial charge in [-0.3, -0.25) is 0 Å². The van der Waals surface area contributed by atoms with E-state index in [-0.39, 0.29) is 6.61 Å². The number of nitrogens with zero attached hydrogens (tertiary/aromatic N) is 1. The summed E-state index contributed by atoms with van der Waals surface area (Å²) in [6, 6.07) is 0. The van der Waals surface area contributed by atoms with Crippen molar-refractivity contribution in [1.29, 1.82) is 0 Å². The SMILES string of the molecule is OCCN1CC[O][Pb][O]CC1. The second-order valence-corrected chi connectivity index (χ2v) is 5.24. The van der Waals surface area contributed by atoms with Crippen molar-refractivity contribution in [2.24, 2.45) is 0 Å². The van der Waals surface area contributed by atoms with Gasteiger partial charge >= 0.3 is 80.0 Å². The molecule has 1 heterocycles. The molecule has 0 aliphatic carbocycles. The summed E-state index contributed by atoms with van der Waals surface area (Å²) in [6.45, 7) is 4.41. The molecular weight excluding hydrogens is 341 g/mol. The van der Waals surface area contributed by atoms with E-state index in [4.69, 9.17) is 10.5 Å². The molecule has 0 amide bonds. The maximum absolute atomic E-state index is 8.67. The van der Waals surface area contributed by atoms with Crippen LogP contribution < -0.4 is 0 Å². The fourth-order valence-electron chi connectivity index (χ4n) is 0.951. The molecule has 5 heteroatoms. The zero-order valence-corrected chi connectivity index (χ0v) is 10.3. The van der Waals surface area contributed by atoms with Crippen LogP contribution >= 0.6 is 0 Å². The molecule has 0 atom stereocenters. The van der Waals surface area contributed by atoms with Crippen LogP contribution in [0, 0.1) is 0 Å². The molecule has 0 spiro atoms. The summed E-state index contributed by atoms with van der Waals surface area (Å²) in [6.07, 6.45) is 0. The van der Waals surface area contributed by atoms with Crippen molar-refractivity contribution in [3.05, 3.63) is 0 Å². The monoisotopic (exact) mass is 355 g/mol. The Morgan fingerprint density at radius 1 is 1.27 bits per heavy atom. The fraction of sp³-hybridized carbons (Fsp3) is 1.00. The summed E-state index contributed by atoms with van der Waals surface area (Å²) in [5.74, 6) is 0. The first-order valence-electron chi connectivity index (χ1n) is 3.75. The van der Waals surface area contributed by atoms with E-state index >= 15 is 0 Å². The van der Waals surface area contributed by atoms with Gasteiger partial charge in [-0.05, 0) is 0 Å². The predicted molar refractivity (Wildman–Crippen MR) is 41.2 cm³/mol. The summed E-state index contributed by atoms with van der Waals surface area (Å²) in [7, 11) is 0. The van der Waals surface area contributed by atoms with Crippen molar-refractivity contribution < 1.29 is 10.5 Å². The number of aliphatic hydroxyl groups excluding tert-OH is 1. The van der Waals surface area contributed by atoms with E-state index in [9.17, 15) is 0 Å². The van der Waals surface area contributed by atoms with Gasteiger partial charge in [-0.1, -0.05) is 0 Å². The van der Waals surface area contributed by atoms with Crippen LogP contribution in [0.4, 0.5) is 0 Å². The Balaban J connectivity index is 2.15. The third kappa shape index (κ3) is 4.36. The Morgan fingerprint density at radius 2 is 1.91 bits per heavy atom. The number of β-amino-alcohol motifs (C(OH)–C–C–N with tert-alkyl or cyclic N) is 1. The summed E-state index contributed by atoms with van der Waals surface area (Å²) in [4.78, 5) is 2.16. The van der Waals surface area contributed by atoms with Crippen molar-refractivity contribution in [2.75, 3.05) is 39.5 Å². The molecule has 1 rings (SSSR count). The Kier molecular flexibility index (Phi) is 5.64. The third-order valence-electron chi connectivity index (χ3n) is 1.55. The number of hydrogen-bond donors (Lipinski definition) is 1. The molecule has 0 aromatic rings. The van der Waals surface area contributed by atoms with E-state index in [1.54, 1.807) is 0 Å². The molecule has 0 saturated carbocycles. The van der Waals surface area contributed by atoms with Gasteiger partial charge in [0.2, 0.25) is 0 Å². The molecule has 0 aromatic carbocycles. The quantitative estimate of drug-likeness (QED) is 0.637. The van der Waals surface area contributed by atoms with E-state index in [1.807, 2.05) is 0 Å². The van der Waals surface area contributed by atoms with E-state index < -0.39 is 25.1 Å². The van der Waals surface area contributed by atoms with E-state index in [1.165, 1.54) is 0 Å². The molecule has 0 unspecified atom stereocenters. The van der Waals surface area contributed by atoms with E-state index in [0.29, 0.717) is 0 Å². The van der Waals surface area contributed by atoms with Crippen LogP contribution in [0.15, 0.2) is 0 Å². The van der Waals surface area contributed by atoms with Gasteiger partial charge in [0.1, 0.15) is 0 Å². The van der Waals surface area contributed by atoms with Gasteiger partial charge in [-0.25, -0.2) is 0 Å². The molecule has 1 fully saturated rings. The molecule has 4 nitrogen and oxygen atoms in total. The summed E-state index contributed by atoms with van der Waals surface area (Å²) in [5, 5.41) is 8.67. The number of aliphatic hydroxyl groups is 1. The van der Waals surface area contributed by atoms with E-state index in [2.05, 4.69) is 4.90 Å². The van der Waals surface area contributed by atoms with Crippen molar-refractivity contribution in [3.8, 4) is 0 Å². The third-order valence-corrected chi connectivity index (χ3v) is 4.06. The molecule has 0 aromatic heterocycles. The van der Waals surface area contributed by atoms with Crippen LogP contribution in [0.5, 0.6) is 0 Å². The Morgan fingerprint density at radius 3 is 2.45 bits per heavy atom. The fourth-order valence-corrected chi connectivity index (χ4v) is 2.63. The van der Waals surface area contributed by atoms with Crippen LogP contribution in [0.2, 0.25) is 0 Å². The molecule has 1 saturated heterocycles. The zero-order chi connectivity index (χ0) is 7.94. The minimum absolute atomic E-state index is 0.224. The first kappa shape index (κ1) is 9.85.